The molecule has 0 atom stereocenters. The lowest BCUT2D eigenvalue weighted by atomic mass is 10.0. The average molecular weight is 193 g/mol. The van der Waals surface area contributed by atoms with Gasteiger partial charge in [-0.2, -0.15) is 0 Å². The second-order valence-electron chi connectivity index (χ2n) is 2.96. The molecule has 0 aliphatic rings. The molecule has 0 heterocycles. The van der Waals surface area contributed by atoms with Crippen molar-refractivity contribution in [3.63, 3.8) is 0 Å². The third-order valence-electron chi connectivity index (χ3n) is 2.00. The summed E-state index contributed by atoms with van der Waals surface area (Å²) in [7, 11) is 5.85. The Kier molecular flexibility index (Phi) is 5.04. The van der Waals surface area contributed by atoms with Crippen molar-refractivity contribution >= 4 is 28.3 Å². The van der Waals surface area contributed by atoms with Gasteiger partial charge in [0.15, 0.2) is 0 Å². The summed E-state index contributed by atoms with van der Waals surface area (Å²) in [4.78, 5) is 0. The van der Waals surface area contributed by atoms with E-state index in [4.69, 9.17) is 9.07 Å². The first-order chi connectivity index (χ1) is 5.88. The summed E-state index contributed by atoms with van der Waals surface area (Å²) >= 11 is -0.350. The summed E-state index contributed by atoms with van der Waals surface area (Å²) in [5, 5.41) is 0. The van der Waals surface area contributed by atoms with Crippen molar-refractivity contribution in [3.05, 3.63) is 35.4 Å². The molecule has 12 heavy (non-hydrogen) atoms. The zero-order valence-electron chi connectivity index (χ0n) is 7.52. The van der Waals surface area contributed by atoms with E-state index in [0.29, 0.717) is 0 Å². The molecule has 0 nitrogen and oxygen atoms in total. The van der Waals surface area contributed by atoms with Crippen LogP contribution in [-0.4, -0.2) is 19.3 Å². The van der Waals surface area contributed by atoms with E-state index in [1.807, 2.05) is 0 Å². The molecule has 0 amide bonds. The SMILES string of the molecule is CCCc1ccccc1[CH2][Mg][Cl]. The molecular weight excluding hydrogens is 180 g/mol. The number of halogens is 1. The Labute approximate surface area is 87.8 Å². The molecule has 1 aromatic rings. The average Bonchev–Trinajstić information content (AvgIpc) is 2.09. The van der Waals surface area contributed by atoms with Crippen molar-refractivity contribution in [2.24, 2.45) is 0 Å². The van der Waals surface area contributed by atoms with E-state index < -0.39 is 0 Å². The Morgan fingerprint density at radius 1 is 1.25 bits per heavy atom. The fourth-order valence-corrected chi connectivity index (χ4v) is 2.72. The Balaban J connectivity index is 2.77. The molecule has 0 spiro atoms. The molecule has 0 fully saturated rings. The zero-order valence-corrected chi connectivity index (χ0v) is 9.69. The second-order valence-corrected chi connectivity index (χ2v) is 4.97. The van der Waals surface area contributed by atoms with Gasteiger partial charge >= 0.3 is 19.3 Å². The van der Waals surface area contributed by atoms with Gasteiger partial charge in [0.1, 0.15) is 0 Å². The fourth-order valence-electron chi connectivity index (χ4n) is 1.42. The predicted octanol–water partition coefficient (Wildman–Crippen LogP) is 3.00. The van der Waals surface area contributed by atoms with E-state index in [1.54, 1.807) is 0 Å². The standard InChI is InChI=1S/C10H13.ClH.Mg/c1-3-6-10-8-5-4-7-9(10)2;;/h4-5,7-8H,2-3,6H2,1H3;1H;/q;;+1/p-1. The lowest BCUT2D eigenvalue weighted by Crippen LogP contribution is -1.96. The first-order valence-corrected chi connectivity index (χ1v) is 7.65. The van der Waals surface area contributed by atoms with Gasteiger partial charge in [-0.15, -0.1) is 0 Å². The number of hydrogen-bond donors (Lipinski definition) is 0. The zero-order chi connectivity index (χ0) is 8.81. The molecule has 2 heteroatoms. The van der Waals surface area contributed by atoms with E-state index in [9.17, 15) is 0 Å². The minimum atomic E-state index is -0.350. The molecule has 0 aliphatic heterocycles. The summed E-state index contributed by atoms with van der Waals surface area (Å²) < 4.78 is 1.14. The lowest BCUT2D eigenvalue weighted by molar-refractivity contribution is 0.910. The van der Waals surface area contributed by atoms with Crippen LogP contribution in [0.5, 0.6) is 0 Å². The summed E-state index contributed by atoms with van der Waals surface area (Å²) in [6.07, 6.45) is 2.42. The van der Waals surface area contributed by atoms with Gasteiger partial charge in [0, 0.05) is 0 Å². The molecule has 0 aliphatic carbocycles. The molecule has 0 saturated heterocycles. The van der Waals surface area contributed by atoms with Crippen LogP contribution in [0.4, 0.5) is 0 Å². The number of aryl methyl sites for hydroxylation is 1. The van der Waals surface area contributed by atoms with Gasteiger partial charge in [0.25, 0.3) is 0 Å². The van der Waals surface area contributed by atoms with Gasteiger partial charge in [-0.3, -0.25) is 0 Å². The van der Waals surface area contributed by atoms with Crippen LogP contribution in [0.15, 0.2) is 24.3 Å². The van der Waals surface area contributed by atoms with Crippen molar-refractivity contribution in [2.45, 2.75) is 24.3 Å². The Morgan fingerprint density at radius 3 is 2.50 bits per heavy atom. The lowest BCUT2D eigenvalue weighted by Gasteiger charge is -2.05. The highest BCUT2D eigenvalue weighted by Gasteiger charge is 2.00. The van der Waals surface area contributed by atoms with E-state index in [2.05, 4.69) is 31.2 Å². The normalized spacial score (nSPS) is 9.50. The highest BCUT2D eigenvalue weighted by molar-refractivity contribution is 6.93. The van der Waals surface area contributed by atoms with Crippen molar-refractivity contribution in [1.29, 1.82) is 0 Å². The fraction of sp³-hybridized carbons (Fsp3) is 0.400. The van der Waals surface area contributed by atoms with Crippen LogP contribution in [0.25, 0.3) is 0 Å². The molecule has 1 rings (SSSR count). The van der Waals surface area contributed by atoms with Gasteiger partial charge < -0.3 is 9.07 Å². The van der Waals surface area contributed by atoms with Crippen LogP contribution in [-0.2, 0) is 11.0 Å². The minimum absolute atomic E-state index is 0.350. The maximum Gasteiger partial charge on any atom is 0.505 e. The highest BCUT2D eigenvalue weighted by atomic mass is 35.5. The van der Waals surface area contributed by atoms with Crippen molar-refractivity contribution in [1.82, 2.24) is 0 Å². The van der Waals surface area contributed by atoms with Gasteiger partial charge in [0.2, 0.25) is 0 Å². The topological polar surface area (TPSA) is 0 Å². The van der Waals surface area contributed by atoms with Crippen LogP contribution in [0, 0.1) is 0 Å². The summed E-state index contributed by atoms with van der Waals surface area (Å²) in [5.74, 6) is 0. The van der Waals surface area contributed by atoms with Crippen molar-refractivity contribution < 1.29 is 0 Å². The Morgan fingerprint density at radius 2 is 1.92 bits per heavy atom. The third-order valence-corrected chi connectivity index (χ3v) is 3.30. The van der Waals surface area contributed by atoms with Crippen molar-refractivity contribution in [2.75, 3.05) is 0 Å². The highest BCUT2D eigenvalue weighted by Crippen LogP contribution is 2.11. The van der Waals surface area contributed by atoms with E-state index >= 15 is 0 Å². The molecule has 0 unspecified atom stereocenters. The van der Waals surface area contributed by atoms with E-state index in [0.717, 1.165) is 4.55 Å². The molecule has 0 N–H and O–H groups in total. The minimum Gasteiger partial charge on any atom is -0.345 e. The quantitative estimate of drug-likeness (QED) is 0.644. The first kappa shape index (κ1) is 10.4. The Hall–Kier alpha value is 0.276. The molecule has 62 valence electrons. The van der Waals surface area contributed by atoms with Crippen molar-refractivity contribution in [3.8, 4) is 0 Å². The summed E-state index contributed by atoms with van der Waals surface area (Å²) in [6, 6.07) is 8.65. The van der Waals surface area contributed by atoms with Gasteiger partial charge in [0.05, 0.1) is 0 Å². The van der Waals surface area contributed by atoms with E-state index in [-0.39, 0.29) is 19.3 Å². The van der Waals surface area contributed by atoms with Crippen LogP contribution >= 0.6 is 9.07 Å². The Bertz CT molecular complexity index is 210. The first-order valence-electron chi connectivity index (χ1n) is 4.51. The van der Waals surface area contributed by atoms with Gasteiger partial charge in [-0.05, 0) is 12.0 Å². The van der Waals surface area contributed by atoms with Crippen LogP contribution < -0.4 is 0 Å². The summed E-state index contributed by atoms with van der Waals surface area (Å²) in [6.45, 7) is 2.22. The largest absolute Gasteiger partial charge is 0.505 e. The number of hydrogen-bond acceptors (Lipinski definition) is 0. The van der Waals surface area contributed by atoms with Crippen LogP contribution in [0.2, 0.25) is 0 Å². The number of benzene rings is 1. The summed E-state index contributed by atoms with van der Waals surface area (Å²) in [5.41, 5.74) is 2.97. The van der Waals surface area contributed by atoms with Crippen LogP contribution in [0.3, 0.4) is 0 Å². The molecule has 0 bridgehead atoms. The van der Waals surface area contributed by atoms with Crippen LogP contribution in [0.1, 0.15) is 24.5 Å². The van der Waals surface area contributed by atoms with E-state index in [1.165, 1.54) is 24.0 Å². The van der Waals surface area contributed by atoms with Gasteiger partial charge in [-0.1, -0.05) is 47.7 Å². The monoisotopic (exact) mass is 192 g/mol. The molecule has 0 radical (unpaired) electrons. The predicted molar refractivity (Wildman–Crippen MR) is 55.7 cm³/mol. The maximum atomic E-state index is 5.85. The van der Waals surface area contributed by atoms with Gasteiger partial charge in [-0.25, -0.2) is 0 Å². The molecular formula is C10H13ClMg. The molecule has 0 saturated carbocycles. The third kappa shape index (κ3) is 2.96. The molecule has 0 aromatic heterocycles. The maximum absolute atomic E-state index is 5.85. The smallest absolute Gasteiger partial charge is 0.345 e. The second kappa shape index (κ2) is 5.84. The number of rotatable bonds is 4. The molecule has 1 aromatic carbocycles.